The number of carbonyl (C=O) groups is 1. The van der Waals surface area contributed by atoms with Gasteiger partial charge >= 0.3 is 0 Å². The molecule has 3 nitrogen and oxygen atoms in total. The number of rotatable bonds is 1. The van der Waals surface area contributed by atoms with Gasteiger partial charge in [0.2, 0.25) is 0 Å². The van der Waals surface area contributed by atoms with Gasteiger partial charge in [0.05, 0.1) is 5.52 Å². The van der Waals surface area contributed by atoms with Crippen LogP contribution in [0.5, 0.6) is 5.75 Å². The van der Waals surface area contributed by atoms with Crippen LogP contribution in [0, 0.1) is 0 Å². The number of fused-ring (bicyclic) bond motifs is 1. The van der Waals surface area contributed by atoms with E-state index in [1.54, 1.807) is 24.3 Å². The largest absolute Gasteiger partial charge is 0.508 e. The Hall–Kier alpha value is -1.90. The summed E-state index contributed by atoms with van der Waals surface area (Å²) in [7, 11) is 0. The molecule has 0 unspecified atom stereocenters. The minimum atomic E-state index is 0.156. The Morgan fingerprint density at radius 3 is 2.77 bits per heavy atom. The zero-order valence-corrected chi connectivity index (χ0v) is 6.77. The van der Waals surface area contributed by atoms with Crippen LogP contribution in [0.3, 0.4) is 0 Å². The van der Waals surface area contributed by atoms with Crippen molar-refractivity contribution in [2.45, 2.75) is 0 Å². The van der Waals surface area contributed by atoms with E-state index in [1.165, 1.54) is 6.07 Å². The predicted molar refractivity (Wildman–Crippen MR) is 48.8 cm³/mol. The lowest BCUT2D eigenvalue weighted by Gasteiger charge is -1.97. The maximum absolute atomic E-state index is 10.4. The van der Waals surface area contributed by atoms with Crippen molar-refractivity contribution in [1.82, 2.24) is 4.98 Å². The number of aromatic nitrogens is 1. The van der Waals surface area contributed by atoms with E-state index in [4.69, 9.17) is 5.11 Å². The maximum atomic E-state index is 10.4. The van der Waals surface area contributed by atoms with Gasteiger partial charge in [0.15, 0.2) is 6.29 Å². The monoisotopic (exact) mass is 173 g/mol. The zero-order chi connectivity index (χ0) is 9.26. The van der Waals surface area contributed by atoms with Crippen molar-refractivity contribution in [3.05, 3.63) is 36.0 Å². The lowest BCUT2D eigenvalue weighted by Crippen LogP contribution is -1.86. The molecule has 1 aromatic carbocycles. The summed E-state index contributed by atoms with van der Waals surface area (Å²) >= 11 is 0. The van der Waals surface area contributed by atoms with Gasteiger partial charge in [-0.1, -0.05) is 6.07 Å². The minimum absolute atomic E-state index is 0.156. The first-order valence-corrected chi connectivity index (χ1v) is 3.84. The van der Waals surface area contributed by atoms with Gasteiger partial charge < -0.3 is 5.11 Å². The standard InChI is InChI=1S/C10H7NO2/c12-6-8-3-1-7-2-4-9(13)5-10(7)11-8/h1-6,13H. The number of benzene rings is 1. The van der Waals surface area contributed by atoms with Gasteiger partial charge in [0.1, 0.15) is 11.4 Å². The van der Waals surface area contributed by atoms with Crippen LogP contribution in [-0.4, -0.2) is 16.4 Å². The molecule has 3 heteroatoms. The average Bonchev–Trinajstić information content (AvgIpc) is 2.16. The van der Waals surface area contributed by atoms with E-state index in [1.807, 2.05) is 0 Å². The number of hydrogen-bond acceptors (Lipinski definition) is 3. The number of phenolic OH excluding ortho intramolecular Hbond substituents is 1. The molecule has 1 N–H and O–H groups in total. The fraction of sp³-hybridized carbons (Fsp3) is 0. The lowest BCUT2D eigenvalue weighted by atomic mass is 10.2. The highest BCUT2D eigenvalue weighted by Gasteiger charge is 1.97. The second-order valence-corrected chi connectivity index (χ2v) is 2.73. The molecule has 13 heavy (non-hydrogen) atoms. The summed E-state index contributed by atoms with van der Waals surface area (Å²) in [4.78, 5) is 14.4. The molecule has 0 saturated heterocycles. The van der Waals surface area contributed by atoms with Crippen molar-refractivity contribution in [1.29, 1.82) is 0 Å². The normalized spacial score (nSPS) is 10.2. The molecule has 0 aliphatic rings. The van der Waals surface area contributed by atoms with E-state index < -0.39 is 0 Å². The third-order valence-corrected chi connectivity index (χ3v) is 1.82. The SMILES string of the molecule is O=Cc1ccc2ccc(O)cc2n1. The third-order valence-electron chi connectivity index (χ3n) is 1.82. The number of carbonyl (C=O) groups excluding carboxylic acids is 1. The molecule has 64 valence electrons. The first-order valence-electron chi connectivity index (χ1n) is 3.84. The van der Waals surface area contributed by atoms with Crippen LogP contribution < -0.4 is 0 Å². The molecule has 0 fully saturated rings. The van der Waals surface area contributed by atoms with Crippen LogP contribution in [0.1, 0.15) is 10.5 Å². The number of pyridine rings is 1. The number of aldehydes is 1. The molecule has 0 aliphatic heterocycles. The summed E-state index contributed by atoms with van der Waals surface area (Å²) in [5.74, 6) is 0.156. The molecule has 1 aromatic heterocycles. The second kappa shape index (κ2) is 2.86. The Balaban J connectivity index is 2.74. The Morgan fingerprint density at radius 2 is 2.00 bits per heavy atom. The molecule has 0 radical (unpaired) electrons. The molecule has 0 amide bonds. The highest BCUT2D eigenvalue weighted by Crippen LogP contribution is 2.17. The van der Waals surface area contributed by atoms with Gasteiger partial charge in [0.25, 0.3) is 0 Å². The quantitative estimate of drug-likeness (QED) is 0.668. The summed E-state index contributed by atoms with van der Waals surface area (Å²) in [6, 6.07) is 8.32. The van der Waals surface area contributed by atoms with Crippen LogP contribution in [0.4, 0.5) is 0 Å². The fourth-order valence-electron chi connectivity index (χ4n) is 1.19. The smallest absolute Gasteiger partial charge is 0.168 e. The van der Waals surface area contributed by atoms with Crippen molar-refractivity contribution in [3.8, 4) is 5.75 Å². The summed E-state index contributed by atoms with van der Waals surface area (Å²) in [6.07, 6.45) is 0.684. The van der Waals surface area contributed by atoms with Crippen LogP contribution in [0.2, 0.25) is 0 Å². The summed E-state index contributed by atoms with van der Waals surface area (Å²) in [5.41, 5.74) is 1.00. The molecule has 0 bridgehead atoms. The van der Waals surface area contributed by atoms with E-state index in [-0.39, 0.29) is 5.75 Å². The van der Waals surface area contributed by atoms with Crippen LogP contribution in [-0.2, 0) is 0 Å². The molecule has 0 saturated carbocycles. The maximum Gasteiger partial charge on any atom is 0.168 e. The topological polar surface area (TPSA) is 50.2 Å². The third kappa shape index (κ3) is 1.36. The van der Waals surface area contributed by atoms with Crippen molar-refractivity contribution >= 4 is 17.2 Å². The summed E-state index contributed by atoms with van der Waals surface area (Å²) < 4.78 is 0. The van der Waals surface area contributed by atoms with Crippen molar-refractivity contribution in [2.75, 3.05) is 0 Å². The molecular formula is C10H7NO2. The van der Waals surface area contributed by atoms with Crippen molar-refractivity contribution in [3.63, 3.8) is 0 Å². The number of hydrogen-bond donors (Lipinski definition) is 1. The summed E-state index contributed by atoms with van der Waals surface area (Å²) in [5, 5.41) is 10.1. The second-order valence-electron chi connectivity index (χ2n) is 2.73. The number of nitrogens with zero attached hydrogens (tertiary/aromatic N) is 1. The molecule has 1 heterocycles. The molecule has 0 spiro atoms. The molecule has 2 aromatic rings. The fourth-order valence-corrected chi connectivity index (χ4v) is 1.19. The Bertz CT molecular complexity index is 465. The highest BCUT2D eigenvalue weighted by molar-refractivity contribution is 5.84. The Labute approximate surface area is 74.7 Å². The van der Waals surface area contributed by atoms with Crippen molar-refractivity contribution < 1.29 is 9.90 Å². The predicted octanol–water partition coefficient (Wildman–Crippen LogP) is 1.75. The van der Waals surface area contributed by atoms with E-state index in [2.05, 4.69) is 4.98 Å². The van der Waals surface area contributed by atoms with Crippen LogP contribution >= 0.6 is 0 Å². The lowest BCUT2D eigenvalue weighted by molar-refractivity contribution is 0.111. The van der Waals surface area contributed by atoms with Crippen molar-refractivity contribution in [2.24, 2.45) is 0 Å². The van der Waals surface area contributed by atoms with Gasteiger partial charge in [-0.25, -0.2) is 4.98 Å². The van der Waals surface area contributed by atoms with Gasteiger partial charge in [-0.3, -0.25) is 4.79 Å². The van der Waals surface area contributed by atoms with Gasteiger partial charge in [-0.05, 0) is 18.2 Å². The highest BCUT2D eigenvalue weighted by atomic mass is 16.3. The van der Waals surface area contributed by atoms with Gasteiger partial charge in [-0.2, -0.15) is 0 Å². The van der Waals surface area contributed by atoms with E-state index in [0.29, 0.717) is 17.5 Å². The first-order chi connectivity index (χ1) is 6.29. The van der Waals surface area contributed by atoms with E-state index in [9.17, 15) is 4.79 Å². The van der Waals surface area contributed by atoms with Gasteiger partial charge in [0, 0.05) is 11.5 Å². The number of phenols is 1. The summed E-state index contributed by atoms with van der Waals surface area (Å²) in [6.45, 7) is 0. The molecule has 2 rings (SSSR count). The molecular weight excluding hydrogens is 166 g/mol. The minimum Gasteiger partial charge on any atom is -0.508 e. The van der Waals surface area contributed by atoms with Crippen LogP contribution in [0.25, 0.3) is 10.9 Å². The first kappa shape index (κ1) is 7.73. The van der Waals surface area contributed by atoms with Crippen LogP contribution in [0.15, 0.2) is 30.3 Å². The Kier molecular flexibility index (Phi) is 1.70. The molecule has 0 atom stereocenters. The average molecular weight is 173 g/mol. The number of aromatic hydroxyl groups is 1. The van der Waals surface area contributed by atoms with E-state index >= 15 is 0 Å². The zero-order valence-electron chi connectivity index (χ0n) is 6.77. The van der Waals surface area contributed by atoms with E-state index in [0.717, 1.165) is 5.39 Å². The van der Waals surface area contributed by atoms with Gasteiger partial charge in [-0.15, -0.1) is 0 Å². The Morgan fingerprint density at radius 1 is 1.23 bits per heavy atom. The molecule has 0 aliphatic carbocycles.